The van der Waals surface area contributed by atoms with E-state index in [9.17, 15) is 0 Å². The summed E-state index contributed by atoms with van der Waals surface area (Å²) >= 11 is 14.3. The zero-order valence-corrected chi connectivity index (χ0v) is 11.5. The van der Waals surface area contributed by atoms with Gasteiger partial charge in [0, 0.05) is 21.3 Å². The first-order valence-electron chi connectivity index (χ1n) is 5.46. The van der Waals surface area contributed by atoms with Gasteiger partial charge in [-0.05, 0) is 49.4 Å². The van der Waals surface area contributed by atoms with Gasteiger partial charge in [-0.3, -0.25) is 0 Å². The standard InChI is InChI=1S/C12H15Cl2NS/c1-15-12(11-3-2-6-16-11)9-7-8(13)4-5-10(9)14/h4-5,7,11-12,15H,2-3,6H2,1H3. The van der Waals surface area contributed by atoms with E-state index in [1.165, 1.54) is 18.6 Å². The Bertz CT molecular complexity index is 364. The predicted molar refractivity (Wildman–Crippen MR) is 73.7 cm³/mol. The molecule has 4 heteroatoms. The third-order valence-electron chi connectivity index (χ3n) is 2.94. The molecule has 1 nitrogen and oxygen atoms in total. The van der Waals surface area contributed by atoms with Crippen molar-refractivity contribution in [3.63, 3.8) is 0 Å². The fourth-order valence-corrected chi connectivity index (χ4v) is 4.02. The highest BCUT2D eigenvalue weighted by Crippen LogP contribution is 2.38. The Hall–Kier alpha value is 0.110. The van der Waals surface area contributed by atoms with Crippen LogP contribution in [-0.2, 0) is 0 Å². The van der Waals surface area contributed by atoms with E-state index in [1.807, 2.05) is 37.0 Å². The molecule has 0 spiro atoms. The molecular formula is C12H15Cl2NS. The highest BCUT2D eigenvalue weighted by molar-refractivity contribution is 8.00. The lowest BCUT2D eigenvalue weighted by Crippen LogP contribution is -2.26. The Kier molecular flexibility index (Phi) is 4.42. The summed E-state index contributed by atoms with van der Waals surface area (Å²) in [5.74, 6) is 1.25. The predicted octanol–water partition coefficient (Wildman–Crippen LogP) is 4.15. The maximum absolute atomic E-state index is 6.24. The molecule has 0 aromatic heterocycles. The van der Waals surface area contributed by atoms with Crippen molar-refractivity contribution in [3.8, 4) is 0 Å². The minimum Gasteiger partial charge on any atom is -0.312 e. The molecule has 2 atom stereocenters. The van der Waals surface area contributed by atoms with Gasteiger partial charge >= 0.3 is 0 Å². The smallest absolute Gasteiger partial charge is 0.0455 e. The molecule has 1 aromatic carbocycles. The van der Waals surface area contributed by atoms with Gasteiger partial charge in [-0.1, -0.05) is 23.2 Å². The lowest BCUT2D eigenvalue weighted by atomic mass is 10.0. The molecule has 1 aliphatic heterocycles. The molecule has 1 saturated heterocycles. The molecular weight excluding hydrogens is 261 g/mol. The molecule has 88 valence electrons. The highest BCUT2D eigenvalue weighted by atomic mass is 35.5. The van der Waals surface area contributed by atoms with Gasteiger partial charge < -0.3 is 5.32 Å². The van der Waals surface area contributed by atoms with Crippen molar-refractivity contribution in [1.29, 1.82) is 0 Å². The largest absolute Gasteiger partial charge is 0.312 e. The van der Waals surface area contributed by atoms with E-state index < -0.39 is 0 Å². The molecule has 1 N–H and O–H groups in total. The average Bonchev–Trinajstić information content (AvgIpc) is 2.78. The van der Waals surface area contributed by atoms with Crippen molar-refractivity contribution >= 4 is 35.0 Å². The van der Waals surface area contributed by atoms with Crippen LogP contribution in [0.25, 0.3) is 0 Å². The molecule has 0 saturated carbocycles. The van der Waals surface area contributed by atoms with Crippen LogP contribution >= 0.6 is 35.0 Å². The van der Waals surface area contributed by atoms with Crippen molar-refractivity contribution in [2.24, 2.45) is 0 Å². The summed E-state index contributed by atoms with van der Waals surface area (Å²) in [6, 6.07) is 5.99. The van der Waals surface area contributed by atoms with Gasteiger partial charge in [-0.15, -0.1) is 0 Å². The van der Waals surface area contributed by atoms with E-state index >= 15 is 0 Å². The fourth-order valence-electron chi connectivity index (χ4n) is 2.16. The second-order valence-electron chi connectivity index (χ2n) is 3.98. The van der Waals surface area contributed by atoms with E-state index in [0.717, 1.165) is 15.6 Å². The number of rotatable bonds is 3. The lowest BCUT2D eigenvalue weighted by molar-refractivity contribution is 0.552. The molecule has 2 unspecified atom stereocenters. The summed E-state index contributed by atoms with van der Waals surface area (Å²) < 4.78 is 0. The van der Waals surface area contributed by atoms with E-state index in [2.05, 4.69) is 5.32 Å². The Balaban J connectivity index is 2.28. The van der Waals surface area contributed by atoms with Gasteiger partial charge in [0.1, 0.15) is 0 Å². The minimum absolute atomic E-state index is 0.304. The van der Waals surface area contributed by atoms with Crippen molar-refractivity contribution < 1.29 is 0 Å². The van der Waals surface area contributed by atoms with Crippen LogP contribution in [0.15, 0.2) is 18.2 Å². The van der Waals surface area contributed by atoms with Crippen LogP contribution in [0.5, 0.6) is 0 Å². The second kappa shape index (κ2) is 5.63. The van der Waals surface area contributed by atoms with Crippen molar-refractivity contribution in [2.75, 3.05) is 12.8 Å². The van der Waals surface area contributed by atoms with Crippen LogP contribution in [0, 0.1) is 0 Å². The van der Waals surface area contributed by atoms with Crippen molar-refractivity contribution in [3.05, 3.63) is 33.8 Å². The van der Waals surface area contributed by atoms with Crippen LogP contribution in [-0.4, -0.2) is 18.1 Å². The highest BCUT2D eigenvalue weighted by Gasteiger charge is 2.27. The summed E-state index contributed by atoms with van der Waals surface area (Å²) in [7, 11) is 1.99. The summed E-state index contributed by atoms with van der Waals surface area (Å²) in [5.41, 5.74) is 1.12. The second-order valence-corrected chi connectivity index (χ2v) is 6.17. The van der Waals surface area contributed by atoms with E-state index in [1.54, 1.807) is 0 Å². The molecule has 1 fully saturated rings. The van der Waals surface area contributed by atoms with Gasteiger partial charge in [0.25, 0.3) is 0 Å². The quantitative estimate of drug-likeness (QED) is 0.890. The molecule has 1 heterocycles. The van der Waals surface area contributed by atoms with Gasteiger partial charge in [0.2, 0.25) is 0 Å². The Morgan fingerprint density at radius 3 is 2.88 bits per heavy atom. The zero-order chi connectivity index (χ0) is 11.5. The minimum atomic E-state index is 0.304. The maximum atomic E-state index is 6.24. The topological polar surface area (TPSA) is 12.0 Å². The summed E-state index contributed by atoms with van der Waals surface area (Å²) in [6.45, 7) is 0. The monoisotopic (exact) mass is 275 g/mol. The van der Waals surface area contributed by atoms with Crippen molar-refractivity contribution in [2.45, 2.75) is 24.1 Å². The molecule has 16 heavy (non-hydrogen) atoms. The summed E-state index contributed by atoms with van der Waals surface area (Å²) in [6.07, 6.45) is 2.55. The fraction of sp³-hybridized carbons (Fsp3) is 0.500. The molecule has 1 aromatic rings. The normalized spacial score (nSPS) is 22.3. The van der Waals surface area contributed by atoms with E-state index in [0.29, 0.717) is 11.3 Å². The molecule has 0 amide bonds. The SMILES string of the molecule is CNC(c1cc(Cl)ccc1Cl)C1CCCS1. The average molecular weight is 276 g/mol. The number of hydrogen-bond acceptors (Lipinski definition) is 2. The molecule has 0 aliphatic carbocycles. The first-order valence-corrected chi connectivity index (χ1v) is 7.26. The molecule has 0 bridgehead atoms. The summed E-state index contributed by atoms with van der Waals surface area (Å²) in [5, 5.41) is 5.53. The van der Waals surface area contributed by atoms with Crippen LogP contribution in [0.2, 0.25) is 10.0 Å². The first kappa shape index (κ1) is 12.6. The molecule has 2 rings (SSSR count). The van der Waals surface area contributed by atoms with Crippen LogP contribution in [0.1, 0.15) is 24.4 Å². The Morgan fingerprint density at radius 1 is 1.44 bits per heavy atom. The van der Waals surface area contributed by atoms with Gasteiger partial charge in [0.15, 0.2) is 0 Å². The van der Waals surface area contributed by atoms with Gasteiger partial charge in [0.05, 0.1) is 0 Å². The van der Waals surface area contributed by atoms with E-state index in [-0.39, 0.29) is 0 Å². The number of thioether (sulfide) groups is 1. The maximum Gasteiger partial charge on any atom is 0.0455 e. The summed E-state index contributed by atoms with van der Waals surface area (Å²) in [4.78, 5) is 0. The number of nitrogens with one attached hydrogen (secondary N) is 1. The Morgan fingerprint density at radius 2 is 2.25 bits per heavy atom. The molecule has 1 aliphatic rings. The third kappa shape index (κ3) is 2.67. The van der Waals surface area contributed by atoms with Crippen LogP contribution < -0.4 is 5.32 Å². The van der Waals surface area contributed by atoms with Crippen LogP contribution in [0.3, 0.4) is 0 Å². The Labute approximate surface area is 111 Å². The number of halogens is 2. The number of hydrogen-bond donors (Lipinski definition) is 1. The lowest BCUT2D eigenvalue weighted by Gasteiger charge is -2.23. The number of benzene rings is 1. The van der Waals surface area contributed by atoms with Crippen LogP contribution in [0.4, 0.5) is 0 Å². The third-order valence-corrected chi connectivity index (χ3v) is 4.98. The zero-order valence-electron chi connectivity index (χ0n) is 9.17. The van der Waals surface area contributed by atoms with Gasteiger partial charge in [-0.25, -0.2) is 0 Å². The molecule has 0 radical (unpaired) electrons. The van der Waals surface area contributed by atoms with E-state index in [4.69, 9.17) is 23.2 Å². The first-order chi connectivity index (χ1) is 7.72. The van der Waals surface area contributed by atoms with Crippen molar-refractivity contribution in [1.82, 2.24) is 5.32 Å². The van der Waals surface area contributed by atoms with Gasteiger partial charge in [-0.2, -0.15) is 11.8 Å².